The van der Waals surface area contributed by atoms with Crippen LogP contribution in [-0.4, -0.2) is 51.8 Å². The maximum Gasteiger partial charge on any atom is 0.288 e. The number of aromatic nitrogens is 4. The number of nitrogens with one attached hydrogen (secondary N) is 2. The Morgan fingerprint density at radius 2 is 2.11 bits per heavy atom. The Labute approximate surface area is 160 Å². The van der Waals surface area contributed by atoms with Crippen LogP contribution in [0.2, 0.25) is 0 Å². The number of hydrogen-bond acceptors (Lipinski definition) is 6. The fourth-order valence-corrected chi connectivity index (χ4v) is 3.26. The second-order valence-electron chi connectivity index (χ2n) is 7.35. The molecule has 0 bridgehead atoms. The number of carbonyl (C=O) groups is 1. The van der Waals surface area contributed by atoms with Crippen LogP contribution in [0.15, 0.2) is 12.3 Å². The Balaban J connectivity index is 1.65. The molecule has 2 aromatic heterocycles. The molecule has 1 aliphatic rings. The molecule has 0 aromatic carbocycles. The van der Waals surface area contributed by atoms with E-state index in [0.29, 0.717) is 12.1 Å². The van der Waals surface area contributed by atoms with E-state index in [0.717, 1.165) is 48.8 Å². The molecule has 0 aliphatic carbocycles. The first-order valence-electron chi connectivity index (χ1n) is 9.48. The van der Waals surface area contributed by atoms with Crippen molar-refractivity contribution < 1.29 is 4.79 Å². The van der Waals surface area contributed by atoms with Crippen LogP contribution in [0, 0.1) is 13.8 Å². The van der Waals surface area contributed by atoms with Crippen molar-refractivity contribution in [3.8, 4) is 0 Å². The van der Waals surface area contributed by atoms with E-state index in [4.69, 9.17) is 0 Å². The van der Waals surface area contributed by atoms with Crippen LogP contribution in [0.5, 0.6) is 0 Å². The molecule has 1 atom stereocenters. The van der Waals surface area contributed by atoms with Gasteiger partial charge in [0.2, 0.25) is 5.82 Å². The molecule has 0 saturated carbocycles. The minimum Gasteiger partial charge on any atom is -0.355 e. The quantitative estimate of drug-likeness (QED) is 0.802. The predicted molar refractivity (Wildman–Crippen MR) is 105 cm³/mol. The molecule has 8 heteroatoms. The SMILES string of the molecule is CNC(=O)c1nc(C)c(C)c(N2CC[C@@H](NCc3ccn(C(C)C)n3)C2)n1. The number of nitrogens with zero attached hydrogens (tertiary/aromatic N) is 5. The summed E-state index contributed by atoms with van der Waals surface area (Å²) >= 11 is 0. The first kappa shape index (κ1) is 19.3. The molecule has 2 N–H and O–H groups in total. The molecule has 0 unspecified atom stereocenters. The highest BCUT2D eigenvalue weighted by atomic mass is 16.2. The van der Waals surface area contributed by atoms with Gasteiger partial charge in [-0.25, -0.2) is 9.97 Å². The summed E-state index contributed by atoms with van der Waals surface area (Å²) in [4.78, 5) is 23.0. The van der Waals surface area contributed by atoms with Gasteiger partial charge in [0.1, 0.15) is 5.82 Å². The van der Waals surface area contributed by atoms with Crippen LogP contribution in [0.3, 0.4) is 0 Å². The third-order valence-corrected chi connectivity index (χ3v) is 5.05. The Morgan fingerprint density at radius 3 is 2.78 bits per heavy atom. The zero-order valence-electron chi connectivity index (χ0n) is 16.8. The maximum atomic E-state index is 11.9. The van der Waals surface area contributed by atoms with Crippen molar-refractivity contribution in [1.82, 2.24) is 30.4 Å². The van der Waals surface area contributed by atoms with E-state index in [1.807, 2.05) is 24.7 Å². The largest absolute Gasteiger partial charge is 0.355 e. The van der Waals surface area contributed by atoms with Crippen LogP contribution >= 0.6 is 0 Å². The van der Waals surface area contributed by atoms with Crippen LogP contribution < -0.4 is 15.5 Å². The van der Waals surface area contributed by atoms with E-state index in [2.05, 4.69) is 50.5 Å². The topological polar surface area (TPSA) is 88.0 Å². The van der Waals surface area contributed by atoms with E-state index in [1.54, 1.807) is 7.05 Å². The average molecular weight is 371 g/mol. The predicted octanol–water partition coefficient (Wildman–Crippen LogP) is 1.60. The van der Waals surface area contributed by atoms with Gasteiger partial charge in [-0.3, -0.25) is 9.48 Å². The normalized spacial score (nSPS) is 17.0. The second-order valence-corrected chi connectivity index (χ2v) is 7.35. The van der Waals surface area contributed by atoms with E-state index in [-0.39, 0.29) is 11.7 Å². The molecule has 146 valence electrons. The third-order valence-electron chi connectivity index (χ3n) is 5.05. The summed E-state index contributed by atoms with van der Waals surface area (Å²) in [6, 6.07) is 2.80. The highest BCUT2D eigenvalue weighted by molar-refractivity contribution is 5.90. The standard InChI is InChI=1S/C19H29N7O/c1-12(2)26-9-7-15(24-26)10-21-16-6-8-25(11-16)18-13(3)14(4)22-17(23-18)19(27)20-5/h7,9,12,16,21H,6,8,10-11H2,1-5H3,(H,20,27)/t16-/m1/s1. The average Bonchev–Trinajstić information content (AvgIpc) is 3.30. The molecule has 27 heavy (non-hydrogen) atoms. The van der Waals surface area contributed by atoms with Gasteiger partial charge in [-0.1, -0.05) is 0 Å². The van der Waals surface area contributed by atoms with E-state index >= 15 is 0 Å². The molecule has 3 rings (SSSR count). The lowest BCUT2D eigenvalue weighted by Gasteiger charge is -2.21. The van der Waals surface area contributed by atoms with E-state index < -0.39 is 0 Å². The Kier molecular flexibility index (Phi) is 5.74. The zero-order valence-corrected chi connectivity index (χ0v) is 16.8. The molecule has 0 radical (unpaired) electrons. The number of carbonyl (C=O) groups excluding carboxylic acids is 1. The summed E-state index contributed by atoms with van der Waals surface area (Å²) in [5.74, 6) is 0.828. The summed E-state index contributed by atoms with van der Waals surface area (Å²) in [7, 11) is 1.59. The smallest absolute Gasteiger partial charge is 0.288 e. The number of amides is 1. The van der Waals surface area contributed by atoms with Crippen molar-refractivity contribution in [2.45, 2.75) is 52.7 Å². The van der Waals surface area contributed by atoms with Crippen molar-refractivity contribution in [2.75, 3.05) is 25.0 Å². The molecule has 1 aliphatic heterocycles. The minimum absolute atomic E-state index is 0.228. The van der Waals surface area contributed by atoms with Crippen molar-refractivity contribution >= 4 is 11.7 Å². The number of rotatable bonds is 6. The summed E-state index contributed by atoms with van der Waals surface area (Å²) in [6.07, 6.45) is 3.05. The summed E-state index contributed by atoms with van der Waals surface area (Å²) in [6.45, 7) is 10.7. The number of hydrogen-bond donors (Lipinski definition) is 2. The summed E-state index contributed by atoms with van der Waals surface area (Å²) < 4.78 is 1.98. The molecule has 1 amide bonds. The van der Waals surface area contributed by atoms with Gasteiger partial charge < -0.3 is 15.5 Å². The van der Waals surface area contributed by atoms with Crippen LogP contribution in [0.1, 0.15) is 53.9 Å². The van der Waals surface area contributed by atoms with Gasteiger partial charge in [0, 0.05) is 56.2 Å². The van der Waals surface area contributed by atoms with Gasteiger partial charge in [-0.05, 0) is 40.2 Å². The first-order chi connectivity index (χ1) is 12.9. The molecule has 8 nitrogen and oxygen atoms in total. The number of anilines is 1. The fourth-order valence-electron chi connectivity index (χ4n) is 3.26. The van der Waals surface area contributed by atoms with Gasteiger partial charge in [0.25, 0.3) is 5.91 Å². The van der Waals surface area contributed by atoms with Crippen molar-refractivity contribution in [2.24, 2.45) is 0 Å². The van der Waals surface area contributed by atoms with Crippen molar-refractivity contribution in [1.29, 1.82) is 0 Å². The van der Waals surface area contributed by atoms with Gasteiger partial charge in [-0.2, -0.15) is 5.10 Å². The van der Waals surface area contributed by atoms with E-state index in [1.165, 1.54) is 0 Å². The van der Waals surface area contributed by atoms with Gasteiger partial charge in [0.05, 0.1) is 5.69 Å². The molecule has 1 saturated heterocycles. The highest BCUT2D eigenvalue weighted by Gasteiger charge is 2.26. The lowest BCUT2D eigenvalue weighted by molar-refractivity contribution is 0.0952. The maximum absolute atomic E-state index is 11.9. The Hall–Kier alpha value is -2.48. The molecular weight excluding hydrogens is 342 g/mol. The van der Waals surface area contributed by atoms with Gasteiger partial charge in [-0.15, -0.1) is 0 Å². The molecule has 0 spiro atoms. The summed E-state index contributed by atoms with van der Waals surface area (Å²) in [5.41, 5.74) is 2.92. The second kappa shape index (κ2) is 8.04. The van der Waals surface area contributed by atoms with Gasteiger partial charge >= 0.3 is 0 Å². The fraction of sp³-hybridized carbons (Fsp3) is 0.579. The highest BCUT2D eigenvalue weighted by Crippen LogP contribution is 2.24. The molecule has 2 aromatic rings. The first-order valence-corrected chi connectivity index (χ1v) is 9.48. The molecular formula is C19H29N7O. The lowest BCUT2D eigenvalue weighted by atomic mass is 10.2. The van der Waals surface area contributed by atoms with Crippen molar-refractivity contribution in [3.63, 3.8) is 0 Å². The van der Waals surface area contributed by atoms with Crippen LogP contribution in [0.4, 0.5) is 5.82 Å². The zero-order chi connectivity index (χ0) is 19.6. The molecule has 3 heterocycles. The van der Waals surface area contributed by atoms with Crippen molar-refractivity contribution in [3.05, 3.63) is 35.0 Å². The Morgan fingerprint density at radius 1 is 1.33 bits per heavy atom. The number of aryl methyl sites for hydroxylation is 1. The minimum atomic E-state index is -0.256. The lowest BCUT2D eigenvalue weighted by Crippen LogP contribution is -2.33. The summed E-state index contributed by atoms with van der Waals surface area (Å²) in [5, 5.41) is 10.8. The van der Waals surface area contributed by atoms with E-state index in [9.17, 15) is 4.79 Å². The monoisotopic (exact) mass is 371 g/mol. The van der Waals surface area contributed by atoms with Gasteiger partial charge in [0.15, 0.2) is 0 Å². The van der Waals surface area contributed by atoms with Crippen LogP contribution in [-0.2, 0) is 6.54 Å². The van der Waals surface area contributed by atoms with Crippen LogP contribution in [0.25, 0.3) is 0 Å². The molecule has 1 fully saturated rings. The third kappa shape index (κ3) is 4.27. The Bertz CT molecular complexity index is 814.